The molecule has 0 radical (unpaired) electrons. The Kier molecular flexibility index (Phi) is 6.37. The van der Waals surface area contributed by atoms with Gasteiger partial charge in [0.2, 0.25) is 5.91 Å². The first kappa shape index (κ1) is 19.5. The monoisotopic (exact) mass is 383 g/mol. The van der Waals surface area contributed by atoms with Crippen molar-refractivity contribution in [2.24, 2.45) is 0 Å². The molecule has 0 aliphatic rings. The highest BCUT2D eigenvalue weighted by Gasteiger charge is 2.08. The second kappa shape index (κ2) is 9.12. The number of aromatic amines is 1. The minimum absolute atomic E-state index is 0.0200. The lowest BCUT2D eigenvalue weighted by Crippen LogP contribution is -2.29. The van der Waals surface area contributed by atoms with E-state index in [0.717, 1.165) is 29.4 Å². The fourth-order valence-electron chi connectivity index (χ4n) is 3.21. The highest BCUT2D eigenvalue weighted by molar-refractivity contribution is 5.76. The molecule has 7 heteroatoms. The molecule has 3 aromatic rings. The molecule has 0 atom stereocenters. The Morgan fingerprint density at radius 1 is 1.11 bits per heavy atom. The molecule has 1 aromatic heterocycles. The lowest BCUT2D eigenvalue weighted by atomic mass is 10.1. The van der Waals surface area contributed by atoms with E-state index < -0.39 is 0 Å². The molecule has 0 aliphatic heterocycles. The number of hydrogen-bond acceptors (Lipinski definition) is 4. The number of rotatable bonds is 9. The van der Waals surface area contributed by atoms with Crippen molar-refractivity contribution >= 4 is 16.9 Å². The first-order chi connectivity index (χ1) is 13.6. The normalized spacial score (nSPS) is 10.8. The van der Waals surface area contributed by atoms with Crippen LogP contribution in [0.1, 0.15) is 18.4 Å². The Bertz CT molecular complexity index is 1010. The van der Waals surface area contributed by atoms with Crippen LogP contribution in [0.3, 0.4) is 0 Å². The molecule has 2 aromatic carbocycles. The Hall–Kier alpha value is -3.22. The predicted octanol–water partition coefficient (Wildman–Crippen LogP) is 2.49. The van der Waals surface area contributed by atoms with Crippen LogP contribution in [0.5, 0.6) is 11.5 Å². The lowest BCUT2D eigenvalue weighted by molar-refractivity contribution is -0.121. The van der Waals surface area contributed by atoms with Crippen molar-refractivity contribution in [1.29, 1.82) is 0 Å². The number of imidazole rings is 1. The molecule has 0 saturated carbocycles. The van der Waals surface area contributed by atoms with Crippen LogP contribution in [0.2, 0.25) is 0 Å². The molecule has 148 valence electrons. The highest BCUT2D eigenvalue weighted by Crippen LogP contribution is 2.28. The van der Waals surface area contributed by atoms with Gasteiger partial charge in [0, 0.05) is 19.5 Å². The molecular formula is C21H25N3O4. The van der Waals surface area contributed by atoms with Gasteiger partial charge in [0.1, 0.15) is 0 Å². The van der Waals surface area contributed by atoms with Gasteiger partial charge in [-0.05, 0) is 42.7 Å². The minimum Gasteiger partial charge on any atom is -0.493 e. The summed E-state index contributed by atoms with van der Waals surface area (Å²) in [5, 5.41) is 2.88. The van der Waals surface area contributed by atoms with E-state index in [1.54, 1.807) is 18.8 Å². The van der Waals surface area contributed by atoms with Gasteiger partial charge in [-0.1, -0.05) is 18.2 Å². The minimum atomic E-state index is -0.163. The SMILES string of the molecule is COc1ccc(CCCC(=O)NCCn2c(=O)[nH]c3ccccc32)cc1OC. The van der Waals surface area contributed by atoms with Gasteiger partial charge in [0.15, 0.2) is 11.5 Å². The van der Waals surface area contributed by atoms with Crippen LogP contribution in [0, 0.1) is 0 Å². The maximum Gasteiger partial charge on any atom is 0.326 e. The predicted molar refractivity (Wildman–Crippen MR) is 108 cm³/mol. The van der Waals surface area contributed by atoms with Crippen molar-refractivity contribution < 1.29 is 14.3 Å². The van der Waals surface area contributed by atoms with Gasteiger partial charge in [-0.15, -0.1) is 0 Å². The van der Waals surface area contributed by atoms with Gasteiger partial charge in [-0.3, -0.25) is 9.36 Å². The molecule has 0 bridgehead atoms. The van der Waals surface area contributed by atoms with E-state index in [1.807, 2.05) is 42.5 Å². The molecule has 0 aliphatic carbocycles. The van der Waals surface area contributed by atoms with Crippen molar-refractivity contribution in [3.05, 3.63) is 58.5 Å². The smallest absolute Gasteiger partial charge is 0.326 e. The molecule has 1 heterocycles. The summed E-state index contributed by atoms with van der Waals surface area (Å²) in [5.41, 5.74) is 2.57. The molecule has 0 saturated heterocycles. The molecule has 3 rings (SSSR count). The molecule has 2 N–H and O–H groups in total. The van der Waals surface area contributed by atoms with Crippen molar-refractivity contribution in [2.75, 3.05) is 20.8 Å². The molecule has 28 heavy (non-hydrogen) atoms. The molecule has 7 nitrogen and oxygen atoms in total. The van der Waals surface area contributed by atoms with Gasteiger partial charge in [0.25, 0.3) is 0 Å². The van der Waals surface area contributed by atoms with E-state index in [4.69, 9.17) is 9.47 Å². The summed E-state index contributed by atoms with van der Waals surface area (Å²) in [4.78, 5) is 26.9. The van der Waals surface area contributed by atoms with Crippen LogP contribution >= 0.6 is 0 Å². The average Bonchev–Trinajstić information content (AvgIpc) is 3.03. The number of aryl methyl sites for hydroxylation is 1. The molecule has 0 spiro atoms. The summed E-state index contributed by atoms with van der Waals surface area (Å²) >= 11 is 0. The van der Waals surface area contributed by atoms with Crippen molar-refractivity contribution in [1.82, 2.24) is 14.9 Å². The number of fused-ring (bicyclic) bond motifs is 1. The number of H-pyrrole nitrogens is 1. The number of carbonyl (C=O) groups excluding carboxylic acids is 1. The average molecular weight is 383 g/mol. The van der Waals surface area contributed by atoms with Gasteiger partial charge in [-0.25, -0.2) is 4.79 Å². The number of methoxy groups -OCH3 is 2. The van der Waals surface area contributed by atoms with E-state index in [0.29, 0.717) is 31.0 Å². The van der Waals surface area contributed by atoms with Gasteiger partial charge >= 0.3 is 5.69 Å². The van der Waals surface area contributed by atoms with Crippen LogP contribution in [0.25, 0.3) is 11.0 Å². The van der Waals surface area contributed by atoms with Crippen molar-refractivity contribution in [3.63, 3.8) is 0 Å². The van der Waals surface area contributed by atoms with Crippen LogP contribution in [-0.4, -0.2) is 36.2 Å². The van der Waals surface area contributed by atoms with E-state index >= 15 is 0 Å². The summed E-state index contributed by atoms with van der Waals surface area (Å²) in [5.74, 6) is 1.36. The van der Waals surface area contributed by atoms with Crippen LogP contribution in [0.4, 0.5) is 0 Å². The topological polar surface area (TPSA) is 85.4 Å². The highest BCUT2D eigenvalue weighted by atomic mass is 16.5. The molecule has 0 unspecified atom stereocenters. The second-order valence-electron chi connectivity index (χ2n) is 6.49. The Balaban J connectivity index is 1.45. The quantitative estimate of drug-likeness (QED) is 0.594. The van der Waals surface area contributed by atoms with E-state index in [9.17, 15) is 9.59 Å². The number of ether oxygens (including phenoxy) is 2. The summed E-state index contributed by atoms with van der Waals surface area (Å²) in [7, 11) is 3.21. The maximum atomic E-state index is 12.1. The first-order valence-electron chi connectivity index (χ1n) is 9.27. The van der Waals surface area contributed by atoms with Gasteiger partial charge < -0.3 is 19.8 Å². The fourth-order valence-corrected chi connectivity index (χ4v) is 3.21. The zero-order chi connectivity index (χ0) is 19.9. The zero-order valence-corrected chi connectivity index (χ0v) is 16.2. The third-order valence-corrected chi connectivity index (χ3v) is 4.66. The maximum absolute atomic E-state index is 12.1. The summed E-state index contributed by atoms with van der Waals surface area (Å²) in [6.45, 7) is 0.848. The van der Waals surface area contributed by atoms with Crippen LogP contribution < -0.4 is 20.5 Å². The summed E-state index contributed by atoms with van der Waals surface area (Å²) in [6.07, 6.45) is 1.93. The van der Waals surface area contributed by atoms with E-state index in [1.165, 1.54) is 0 Å². The number of nitrogens with zero attached hydrogens (tertiary/aromatic N) is 1. The van der Waals surface area contributed by atoms with E-state index in [2.05, 4.69) is 10.3 Å². The number of nitrogens with one attached hydrogen (secondary N) is 2. The number of amides is 1. The fraction of sp³-hybridized carbons (Fsp3) is 0.333. The lowest BCUT2D eigenvalue weighted by Gasteiger charge is -2.10. The second-order valence-corrected chi connectivity index (χ2v) is 6.49. The largest absolute Gasteiger partial charge is 0.493 e. The Morgan fingerprint density at radius 3 is 2.68 bits per heavy atom. The standard InChI is InChI=1S/C21H25N3O4/c1-27-18-11-10-15(14-19(18)28-2)6-5-9-20(25)22-12-13-24-17-8-4-3-7-16(17)23-21(24)26/h3-4,7-8,10-11,14H,5-6,9,12-13H2,1-2H3,(H,22,25)(H,23,26). The number of benzene rings is 2. The van der Waals surface area contributed by atoms with Crippen molar-refractivity contribution in [3.8, 4) is 11.5 Å². The van der Waals surface area contributed by atoms with Crippen molar-refractivity contribution in [2.45, 2.75) is 25.8 Å². The summed E-state index contributed by atoms with van der Waals surface area (Å²) < 4.78 is 12.2. The first-order valence-corrected chi connectivity index (χ1v) is 9.27. The summed E-state index contributed by atoms with van der Waals surface area (Å²) in [6, 6.07) is 13.3. The third kappa shape index (κ3) is 4.54. The Labute approximate surface area is 163 Å². The molecule has 1 amide bonds. The third-order valence-electron chi connectivity index (χ3n) is 4.66. The Morgan fingerprint density at radius 2 is 1.89 bits per heavy atom. The zero-order valence-electron chi connectivity index (χ0n) is 16.2. The van der Waals surface area contributed by atoms with Gasteiger partial charge in [0.05, 0.1) is 25.3 Å². The number of hydrogen-bond donors (Lipinski definition) is 2. The number of carbonyl (C=O) groups is 1. The molecular weight excluding hydrogens is 358 g/mol. The number of para-hydroxylation sites is 2. The number of aromatic nitrogens is 2. The van der Waals surface area contributed by atoms with Crippen LogP contribution in [-0.2, 0) is 17.8 Å². The van der Waals surface area contributed by atoms with Gasteiger partial charge in [-0.2, -0.15) is 0 Å². The van der Waals surface area contributed by atoms with Crippen LogP contribution in [0.15, 0.2) is 47.3 Å². The van der Waals surface area contributed by atoms with E-state index in [-0.39, 0.29) is 11.6 Å². The molecule has 0 fully saturated rings.